The van der Waals surface area contributed by atoms with E-state index in [1.165, 1.54) is 15.0 Å². The molecule has 0 radical (unpaired) electrons. The first-order valence-electron chi connectivity index (χ1n) is 6.50. The van der Waals surface area contributed by atoms with E-state index in [1.54, 1.807) is 0 Å². The number of ether oxygens (including phenoxy) is 1. The van der Waals surface area contributed by atoms with E-state index in [2.05, 4.69) is 56.4 Å². The highest BCUT2D eigenvalue weighted by molar-refractivity contribution is 7.19. The van der Waals surface area contributed by atoms with Crippen LogP contribution in [0.25, 0.3) is 10.1 Å². The van der Waals surface area contributed by atoms with Gasteiger partial charge in [-0.3, -0.25) is 0 Å². The van der Waals surface area contributed by atoms with Crippen LogP contribution in [0.2, 0.25) is 0 Å². The molecule has 98 valence electrons. The summed E-state index contributed by atoms with van der Waals surface area (Å²) >= 11 is 1.87. The highest BCUT2D eigenvalue weighted by atomic mass is 32.1. The van der Waals surface area contributed by atoms with Gasteiger partial charge in [-0.15, -0.1) is 11.3 Å². The standard InChI is InChI=1S/C15H21NOS/c1-11(2)17-9-8-16-12(3)15-10-13-6-4-5-7-14(13)18-15/h4-7,10-12,16H,8-9H2,1-3H3. The number of thiophene rings is 1. The average Bonchev–Trinajstić information content (AvgIpc) is 2.78. The van der Waals surface area contributed by atoms with Crippen LogP contribution in [-0.4, -0.2) is 19.3 Å². The molecule has 0 bridgehead atoms. The number of benzene rings is 1. The zero-order chi connectivity index (χ0) is 13.0. The van der Waals surface area contributed by atoms with Crippen LogP contribution in [0.4, 0.5) is 0 Å². The first kappa shape index (κ1) is 13.5. The van der Waals surface area contributed by atoms with E-state index in [0.717, 1.165) is 13.2 Å². The molecule has 0 saturated carbocycles. The van der Waals surface area contributed by atoms with Crippen LogP contribution in [0.5, 0.6) is 0 Å². The zero-order valence-corrected chi connectivity index (χ0v) is 12.1. The summed E-state index contributed by atoms with van der Waals surface area (Å²) in [7, 11) is 0. The molecule has 0 aliphatic heterocycles. The van der Waals surface area contributed by atoms with Crippen LogP contribution in [0.3, 0.4) is 0 Å². The molecule has 0 fully saturated rings. The summed E-state index contributed by atoms with van der Waals surface area (Å²) in [5, 5.41) is 4.84. The Labute approximate surface area is 113 Å². The molecule has 1 unspecified atom stereocenters. The highest BCUT2D eigenvalue weighted by Crippen LogP contribution is 2.29. The molecule has 2 rings (SSSR count). The van der Waals surface area contributed by atoms with Gasteiger partial charge in [-0.25, -0.2) is 0 Å². The van der Waals surface area contributed by atoms with Crippen molar-refractivity contribution in [2.75, 3.05) is 13.2 Å². The largest absolute Gasteiger partial charge is 0.377 e. The zero-order valence-electron chi connectivity index (χ0n) is 11.3. The van der Waals surface area contributed by atoms with E-state index in [-0.39, 0.29) is 0 Å². The van der Waals surface area contributed by atoms with Crippen molar-refractivity contribution in [3.05, 3.63) is 35.2 Å². The Morgan fingerprint density at radius 3 is 2.72 bits per heavy atom. The first-order chi connectivity index (χ1) is 8.66. The number of hydrogen-bond donors (Lipinski definition) is 1. The maximum Gasteiger partial charge on any atom is 0.0594 e. The van der Waals surface area contributed by atoms with Crippen LogP contribution in [-0.2, 0) is 4.74 Å². The lowest BCUT2D eigenvalue weighted by molar-refractivity contribution is 0.0797. The van der Waals surface area contributed by atoms with Gasteiger partial charge in [0.15, 0.2) is 0 Å². The third-order valence-electron chi connectivity index (χ3n) is 2.88. The maximum atomic E-state index is 5.53. The molecule has 1 aromatic carbocycles. The highest BCUT2D eigenvalue weighted by Gasteiger charge is 2.08. The molecule has 0 saturated heterocycles. The molecule has 3 heteroatoms. The lowest BCUT2D eigenvalue weighted by Gasteiger charge is -2.13. The van der Waals surface area contributed by atoms with E-state index in [1.807, 2.05) is 11.3 Å². The Balaban J connectivity index is 1.90. The SMILES string of the molecule is CC(C)OCCNC(C)c1cc2ccccc2s1. The molecule has 0 amide bonds. The Bertz CT molecular complexity index is 459. The van der Waals surface area contributed by atoms with Crippen molar-refractivity contribution in [3.8, 4) is 0 Å². The second-order valence-corrected chi connectivity index (χ2v) is 5.90. The Kier molecular flexibility index (Phi) is 4.75. The van der Waals surface area contributed by atoms with E-state index in [4.69, 9.17) is 4.74 Å². The third-order valence-corrected chi connectivity index (χ3v) is 4.17. The molecule has 1 N–H and O–H groups in total. The van der Waals surface area contributed by atoms with Crippen LogP contribution < -0.4 is 5.32 Å². The third kappa shape index (κ3) is 3.55. The monoisotopic (exact) mass is 263 g/mol. The van der Waals surface area contributed by atoms with E-state index >= 15 is 0 Å². The summed E-state index contributed by atoms with van der Waals surface area (Å²) in [5.74, 6) is 0. The summed E-state index contributed by atoms with van der Waals surface area (Å²) in [5.41, 5.74) is 0. The van der Waals surface area contributed by atoms with Crippen LogP contribution in [0.1, 0.15) is 31.7 Å². The van der Waals surface area contributed by atoms with Gasteiger partial charge < -0.3 is 10.1 Å². The molecule has 2 aromatic rings. The maximum absolute atomic E-state index is 5.53. The lowest BCUT2D eigenvalue weighted by Crippen LogP contribution is -2.23. The van der Waals surface area contributed by atoms with Gasteiger partial charge in [0.1, 0.15) is 0 Å². The summed E-state index contributed by atoms with van der Waals surface area (Å²) in [6, 6.07) is 11.2. The quantitative estimate of drug-likeness (QED) is 0.796. The van der Waals surface area contributed by atoms with E-state index in [9.17, 15) is 0 Å². The summed E-state index contributed by atoms with van der Waals surface area (Å²) in [6.07, 6.45) is 0.312. The molecule has 0 spiro atoms. The topological polar surface area (TPSA) is 21.3 Å². The Morgan fingerprint density at radius 2 is 2.00 bits per heavy atom. The van der Waals surface area contributed by atoms with Gasteiger partial charge in [-0.1, -0.05) is 18.2 Å². The van der Waals surface area contributed by atoms with Crippen molar-refractivity contribution in [2.45, 2.75) is 32.9 Å². The number of hydrogen-bond acceptors (Lipinski definition) is 3. The Hall–Kier alpha value is -0.900. The lowest BCUT2D eigenvalue weighted by atomic mass is 10.2. The fourth-order valence-electron chi connectivity index (χ4n) is 1.89. The molecule has 1 atom stereocenters. The van der Waals surface area contributed by atoms with Gasteiger partial charge in [0.05, 0.1) is 12.7 Å². The van der Waals surface area contributed by atoms with Crippen LogP contribution in [0.15, 0.2) is 30.3 Å². The summed E-state index contributed by atoms with van der Waals surface area (Å²) in [4.78, 5) is 1.39. The van der Waals surface area contributed by atoms with Crippen molar-refractivity contribution in [1.29, 1.82) is 0 Å². The fourth-order valence-corrected chi connectivity index (χ4v) is 2.98. The van der Waals surface area contributed by atoms with Gasteiger partial charge in [-0.2, -0.15) is 0 Å². The predicted octanol–water partition coefficient (Wildman–Crippen LogP) is 3.98. The Morgan fingerprint density at radius 1 is 1.22 bits per heavy atom. The van der Waals surface area contributed by atoms with Crippen molar-refractivity contribution in [1.82, 2.24) is 5.32 Å². The van der Waals surface area contributed by atoms with Crippen molar-refractivity contribution < 1.29 is 4.74 Å². The van der Waals surface area contributed by atoms with Crippen LogP contribution >= 0.6 is 11.3 Å². The van der Waals surface area contributed by atoms with Crippen molar-refractivity contribution in [2.24, 2.45) is 0 Å². The van der Waals surface area contributed by atoms with E-state index in [0.29, 0.717) is 12.1 Å². The first-order valence-corrected chi connectivity index (χ1v) is 7.32. The minimum Gasteiger partial charge on any atom is -0.377 e. The average molecular weight is 263 g/mol. The molecule has 1 aromatic heterocycles. The van der Waals surface area contributed by atoms with Gasteiger partial charge in [0, 0.05) is 22.2 Å². The second-order valence-electron chi connectivity index (χ2n) is 4.78. The van der Waals surface area contributed by atoms with Gasteiger partial charge in [0.25, 0.3) is 0 Å². The molecular formula is C15H21NOS. The van der Waals surface area contributed by atoms with Crippen molar-refractivity contribution >= 4 is 21.4 Å². The number of rotatable bonds is 6. The summed E-state index contributed by atoms with van der Waals surface area (Å²) < 4.78 is 6.89. The van der Waals surface area contributed by atoms with Crippen LogP contribution in [0, 0.1) is 0 Å². The number of fused-ring (bicyclic) bond motifs is 1. The minimum absolute atomic E-state index is 0.312. The fraction of sp³-hybridized carbons (Fsp3) is 0.467. The summed E-state index contributed by atoms with van der Waals surface area (Å²) in [6.45, 7) is 8.01. The molecule has 0 aliphatic carbocycles. The normalized spacial score (nSPS) is 13.3. The van der Waals surface area contributed by atoms with Gasteiger partial charge in [-0.05, 0) is 38.3 Å². The minimum atomic E-state index is 0.312. The van der Waals surface area contributed by atoms with E-state index < -0.39 is 0 Å². The molecule has 2 nitrogen and oxygen atoms in total. The molecular weight excluding hydrogens is 242 g/mol. The molecule has 18 heavy (non-hydrogen) atoms. The smallest absolute Gasteiger partial charge is 0.0594 e. The van der Waals surface area contributed by atoms with Gasteiger partial charge >= 0.3 is 0 Å². The molecule has 1 heterocycles. The second kappa shape index (κ2) is 6.32. The number of nitrogens with one attached hydrogen (secondary N) is 1. The van der Waals surface area contributed by atoms with Crippen molar-refractivity contribution in [3.63, 3.8) is 0 Å². The predicted molar refractivity (Wildman–Crippen MR) is 79.3 cm³/mol. The van der Waals surface area contributed by atoms with Gasteiger partial charge in [0.2, 0.25) is 0 Å². The molecule has 0 aliphatic rings.